The van der Waals surface area contributed by atoms with Gasteiger partial charge in [0, 0.05) is 6.54 Å². The Balaban J connectivity index is 0.00000147. The van der Waals surface area contributed by atoms with Crippen molar-refractivity contribution in [2.75, 3.05) is 18.4 Å². The fourth-order valence-electron chi connectivity index (χ4n) is 2.35. The summed E-state index contributed by atoms with van der Waals surface area (Å²) in [5.41, 5.74) is 1.51. The van der Waals surface area contributed by atoms with E-state index in [2.05, 4.69) is 20.6 Å². The number of imidazole rings is 1. The maximum Gasteiger partial charge on any atom is 0.231 e. The van der Waals surface area contributed by atoms with E-state index in [1.165, 1.54) is 0 Å². The van der Waals surface area contributed by atoms with Crippen molar-refractivity contribution in [1.82, 2.24) is 15.3 Å². The van der Waals surface area contributed by atoms with E-state index in [-0.39, 0.29) is 24.2 Å². The SMILES string of the molecule is Cl.O=C(Nc1nc2c(Cl)cccc2[nH]1)C1CCCNC1. The van der Waals surface area contributed by atoms with Gasteiger partial charge in [-0.2, -0.15) is 0 Å². The number of aromatic nitrogens is 2. The second kappa shape index (κ2) is 6.43. The Morgan fingerprint density at radius 2 is 2.30 bits per heavy atom. The zero-order valence-corrected chi connectivity index (χ0v) is 12.4. The van der Waals surface area contributed by atoms with E-state index in [1.54, 1.807) is 6.07 Å². The van der Waals surface area contributed by atoms with Crippen LogP contribution < -0.4 is 10.6 Å². The second-order valence-electron chi connectivity index (χ2n) is 4.75. The summed E-state index contributed by atoms with van der Waals surface area (Å²) in [6.45, 7) is 1.72. The first kappa shape index (κ1) is 15.1. The molecule has 0 spiro atoms. The molecule has 20 heavy (non-hydrogen) atoms. The van der Waals surface area contributed by atoms with E-state index in [1.807, 2.05) is 12.1 Å². The van der Waals surface area contributed by atoms with Crippen LogP contribution in [0.15, 0.2) is 18.2 Å². The molecule has 3 N–H and O–H groups in total. The van der Waals surface area contributed by atoms with Gasteiger partial charge in [-0.25, -0.2) is 4.98 Å². The number of anilines is 1. The number of H-pyrrole nitrogens is 1. The molecule has 2 heterocycles. The molecule has 1 aliphatic heterocycles. The first-order valence-corrected chi connectivity index (χ1v) is 6.77. The van der Waals surface area contributed by atoms with Crippen molar-refractivity contribution in [1.29, 1.82) is 0 Å². The maximum atomic E-state index is 12.1. The minimum Gasteiger partial charge on any atom is -0.324 e. The number of aromatic amines is 1. The molecule has 1 unspecified atom stereocenters. The van der Waals surface area contributed by atoms with E-state index in [4.69, 9.17) is 11.6 Å². The number of hydrogen-bond donors (Lipinski definition) is 3. The van der Waals surface area contributed by atoms with Crippen LogP contribution in [0.3, 0.4) is 0 Å². The molecule has 7 heteroatoms. The lowest BCUT2D eigenvalue weighted by molar-refractivity contribution is -0.120. The minimum atomic E-state index is 0. The highest BCUT2D eigenvalue weighted by atomic mass is 35.5. The second-order valence-corrected chi connectivity index (χ2v) is 5.16. The molecule has 1 fully saturated rings. The summed E-state index contributed by atoms with van der Waals surface area (Å²) in [4.78, 5) is 19.5. The molecule has 1 saturated heterocycles. The van der Waals surface area contributed by atoms with Gasteiger partial charge in [0.2, 0.25) is 11.9 Å². The maximum absolute atomic E-state index is 12.1. The van der Waals surface area contributed by atoms with Gasteiger partial charge < -0.3 is 10.3 Å². The van der Waals surface area contributed by atoms with Gasteiger partial charge >= 0.3 is 0 Å². The molecular formula is C13H16Cl2N4O. The lowest BCUT2D eigenvalue weighted by Gasteiger charge is -2.21. The predicted octanol–water partition coefficient (Wildman–Crippen LogP) is 2.58. The first-order valence-electron chi connectivity index (χ1n) is 6.40. The Bertz CT molecular complexity index is 607. The van der Waals surface area contributed by atoms with Crippen molar-refractivity contribution in [3.05, 3.63) is 23.2 Å². The van der Waals surface area contributed by atoms with Gasteiger partial charge in [0.05, 0.1) is 16.5 Å². The Kier molecular flexibility index (Phi) is 4.86. The molecule has 0 aliphatic carbocycles. The minimum absolute atomic E-state index is 0. The Labute approximate surface area is 127 Å². The number of fused-ring (bicyclic) bond motifs is 1. The third kappa shape index (κ3) is 3.06. The number of nitrogens with one attached hydrogen (secondary N) is 3. The van der Waals surface area contributed by atoms with E-state index in [0.717, 1.165) is 31.4 Å². The van der Waals surface area contributed by atoms with Crippen LogP contribution in [0.5, 0.6) is 0 Å². The largest absolute Gasteiger partial charge is 0.324 e. The number of nitrogens with zero attached hydrogens (tertiary/aromatic N) is 1. The van der Waals surface area contributed by atoms with Gasteiger partial charge in [0.15, 0.2) is 0 Å². The molecule has 1 aliphatic rings. The molecule has 0 radical (unpaired) electrons. The molecule has 1 aromatic carbocycles. The quantitative estimate of drug-likeness (QED) is 0.798. The molecule has 5 nitrogen and oxygen atoms in total. The van der Waals surface area contributed by atoms with Crippen LogP contribution in [0.2, 0.25) is 5.02 Å². The molecule has 0 bridgehead atoms. The molecule has 0 saturated carbocycles. The molecule has 3 rings (SSSR count). The summed E-state index contributed by atoms with van der Waals surface area (Å²) in [5, 5.41) is 6.63. The number of rotatable bonds is 2. The van der Waals surface area contributed by atoms with Crippen LogP contribution in [0.25, 0.3) is 11.0 Å². The van der Waals surface area contributed by atoms with Crippen molar-refractivity contribution in [3.63, 3.8) is 0 Å². The summed E-state index contributed by atoms with van der Waals surface area (Å²) in [6.07, 6.45) is 1.95. The molecule has 2 aromatic rings. The highest BCUT2D eigenvalue weighted by Gasteiger charge is 2.21. The smallest absolute Gasteiger partial charge is 0.231 e. The van der Waals surface area contributed by atoms with E-state index >= 15 is 0 Å². The van der Waals surface area contributed by atoms with Crippen molar-refractivity contribution < 1.29 is 4.79 Å². The van der Waals surface area contributed by atoms with E-state index in [0.29, 0.717) is 16.5 Å². The third-order valence-electron chi connectivity index (χ3n) is 3.37. The van der Waals surface area contributed by atoms with Crippen LogP contribution in [0.1, 0.15) is 12.8 Å². The number of hydrogen-bond acceptors (Lipinski definition) is 3. The van der Waals surface area contributed by atoms with Gasteiger partial charge in [-0.3, -0.25) is 10.1 Å². The lowest BCUT2D eigenvalue weighted by Crippen LogP contribution is -2.37. The number of carbonyl (C=O) groups excluding carboxylic acids is 1. The van der Waals surface area contributed by atoms with Gasteiger partial charge in [0.1, 0.15) is 5.52 Å². The molecule has 108 valence electrons. The zero-order chi connectivity index (χ0) is 13.2. The number of piperidine rings is 1. The third-order valence-corrected chi connectivity index (χ3v) is 3.68. The summed E-state index contributed by atoms with van der Waals surface area (Å²) >= 11 is 6.05. The zero-order valence-electron chi connectivity index (χ0n) is 10.8. The normalized spacial score (nSPS) is 18.6. The van der Waals surface area contributed by atoms with Crippen LogP contribution in [-0.4, -0.2) is 29.0 Å². The predicted molar refractivity (Wildman–Crippen MR) is 82.6 cm³/mol. The fourth-order valence-corrected chi connectivity index (χ4v) is 2.57. The van der Waals surface area contributed by atoms with Crippen LogP contribution in [0, 0.1) is 5.92 Å². The van der Waals surface area contributed by atoms with Gasteiger partial charge in [-0.1, -0.05) is 17.7 Å². The average molecular weight is 315 g/mol. The summed E-state index contributed by atoms with van der Waals surface area (Å²) in [6, 6.07) is 5.51. The topological polar surface area (TPSA) is 69.8 Å². The number of para-hydroxylation sites is 1. The summed E-state index contributed by atoms with van der Waals surface area (Å²) in [7, 11) is 0. The Morgan fingerprint density at radius 1 is 1.45 bits per heavy atom. The standard InChI is InChI=1S/C13H15ClN4O.ClH/c14-9-4-1-5-10-11(9)17-13(16-10)18-12(19)8-3-2-6-15-7-8;/h1,4-5,8,15H,2-3,6-7H2,(H2,16,17,18,19);1H. The van der Waals surface area contributed by atoms with Crippen LogP contribution in [0.4, 0.5) is 5.95 Å². The van der Waals surface area contributed by atoms with Crippen molar-refractivity contribution >= 4 is 46.9 Å². The average Bonchev–Trinajstić information content (AvgIpc) is 2.84. The highest BCUT2D eigenvalue weighted by Crippen LogP contribution is 2.23. The number of benzene rings is 1. The van der Waals surface area contributed by atoms with E-state index < -0.39 is 0 Å². The van der Waals surface area contributed by atoms with Crippen LogP contribution in [-0.2, 0) is 4.79 Å². The molecular weight excluding hydrogens is 299 g/mol. The Morgan fingerprint density at radius 3 is 3.00 bits per heavy atom. The summed E-state index contributed by atoms with van der Waals surface area (Å²) < 4.78 is 0. The molecule has 1 amide bonds. The van der Waals surface area contributed by atoms with Gasteiger partial charge in [-0.15, -0.1) is 12.4 Å². The molecule has 1 aromatic heterocycles. The molecule has 1 atom stereocenters. The van der Waals surface area contributed by atoms with Gasteiger partial charge in [0.25, 0.3) is 0 Å². The number of halogens is 2. The van der Waals surface area contributed by atoms with Crippen LogP contribution >= 0.6 is 24.0 Å². The van der Waals surface area contributed by atoms with E-state index in [9.17, 15) is 4.79 Å². The Hall–Kier alpha value is -1.30. The highest BCUT2D eigenvalue weighted by molar-refractivity contribution is 6.35. The number of carbonyl (C=O) groups is 1. The van der Waals surface area contributed by atoms with Crippen molar-refractivity contribution in [3.8, 4) is 0 Å². The van der Waals surface area contributed by atoms with Crippen molar-refractivity contribution in [2.24, 2.45) is 5.92 Å². The summed E-state index contributed by atoms with van der Waals surface area (Å²) in [5.74, 6) is 0.471. The first-order chi connectivity index (χ1) is 9.24. The van der Waals surface area contributed by atoms with Gasteiger partial charge in [-0.05, 0) is 31.5 Å². The lowest BCUT2D eigenvalue weighted by atomic mass is 9.99. The number of amides is 1. The van der Waals surface area contributed by atoms with Crippen molar-refractivity contribution in [2.45, 2.75) is 12.8 Å². The monoisotopic (exact) mass is 314 g/mol. The fraction of sp³-hybridized carbons (Fsp3) is 0.385.